The van der Waals surface area contributed by atoms with Gasteiger partial charge in [-0.05, 0) is 43.7 Å². The topological polar surface area (TPSA) is 26.0 Å². The predicted octanol–water partition coefficient (Wildman–Crippen LogP) is 4.67. The van der Waals surface area contributed by atoms with E-state index < -0.39 is 24.1 Å². The van der Waals surface area contributed by atoms with Gasteiger partial charge < -0.3 is 5.73 Å². The van der Waals surface area contributed by atoms with Gasteiger partial charge in [-0.3, -0.25) is 0 Å². The molecule has 0 saturated heterocycles. The van der Waals surface area contributed by atoms with E-state index in [2.05, 4.69) is 0 Å². The zero-order chi connectivity index (χ0) is 14.9. The molecule has 0 aliphatic heterocycles. The van der Waals surface area contributed by atoms with Gasteiger partial charge in [0.1, 0.15) is 0 Å². The van der Waals surface area contributed by atoms with Crippen molar-refractivity contribution in [1.82, 2.24) is 0 Å². The van der Waals surface area contributed by atoms with Gasteiger partial charge in [-0.25, -0.2) is 0 Å². The number of halogens is 3. The van der Waals surface area contributed by atoms with Crippen LogP contribution < -0.4 is 5.73 Å². The van der Waals surface area contributed by atoms with Gasteiger partial charge in [0.05, 0.1) is 5.92 Å². The molecule has 0 radical (unpaired) electrons. The average Bonchev–Trinajstić information content (AvgIpc) is 2.40. The molecule has 112 valence electrons. The summed E-state index contributed by atoms with van der Waals surface area (Å²) in [7, 11) is 0. The van der Waals surface area contributed by atoms with Crippen molar-refractivity contribution in [3.05, 3.63) is 34.9 Å². The Kier molecular flexibility index (Phi) is 4.43. The molecule has 4 heteroatoms. The van der Waals surface area contributed by atoms with Crippen molar-refractivity contribution in [3.8, 4) is 0 Å². The zero-order valence-corrected chi connectivity index (χ0v) is 12.0. The Bertz CT molecular complexity index is 467. The fraction of sp³-hybridized carbons (Fsp3) is 0.625. The van der Waals surface area contributed by atoms with Crippen LogP contribution in [-0.4, -0.2) is 6.18 Å². The molecule has 1 fully saturated rings. The summed E-state index contributed by atoms with van der Waals surface area (Å²) in [4.78, 5) is 0. The highest BCUT2D eigenvalue weighted by atomic mass is 19.4. The van der Waals surface area contributed by atoms with Crippen LogP contribution in [0.1, 0.15) is 48.4 Å². The van der Waals surface area contributed by atoms with Gasteiger partial charge in [-0.1, -0.05) is 36.6 Å². The molecular weight excluding hydrogens is 263 g/mol. The largest absolute Gasteiger partial charge is 0.392 e. The molecule has 1 nitrogen and oxygen atoms in total. The van der Waals surface area contributed by atoms with E-state index in [-0.39, 0.29) is 6.42 Å². The first-order valence-electron chi connectivity index (χ1n) is 7.20. The molecule has 1 saturated carbocycles. The van der Waals surface area contributed by atoms with E-state index in [9.17, 15) is 13.2 Å². The fourth-order valence-electron chi connectivity index (χ4n) is 3.35. The van der Waals surface area contributed by atoms with Gasteiger partial charge in [0.15, 0.2) is 0 Å². The van der Waals surface area contributed by atoms with Crippen molar-refractivity contribution in [3.63, 3.8) is 0 Å². The summed E-state index contributed by atoms with van der Waals surface area (Å²) < 4.78 is 39.6. The molecule has 3 unspecified atom stereocenters. The first kappa shape index (κ1) is 15.4. The summed E-state index contributed by atoms with van der Waals surface area (Å²) in [5, 5.41) is 0. The zero-order valence-electron chi connectivity index (χ0n) is 12.0. The maximum atomic E-state index is 13.2. The maximum Gasteiger partial charge on any atom is 0.392 e. The molecule has 0 spiro atoms. The molecule has 1 aromatic carbocycles. The Hall–Kier alpha value is -1.03. The lowest BCUT2D eigenvalue weighted by Gasteiger charge is -2.37. The lowest BCUT2D eigenvalue weighted by Crippen LogP contribution is -2.39. The third-order valence-corrected chi connectivity index (χ3v) is 4.49. The second-order valence-electron chi connectivity index (χ2n) is 5.98. The van der Waals surface area contributed by atoms with E-state index in [0.29, 0.717) is 12.8 Å². The summed E-state index contributed by atoms with van der Waals surface area (Å²) in [6.45, 7) is 3.86. The summed E-state index contributed by atoms with van der Waals surface area (Å²) in [6.07, 6.45) is -1.86. The van der Waals surface area contributed by atoms with Crippen LogP contribution in [0.2, 0.25) is 0 Å². The molecule has 20 heavy (non-hydrogen) atoms. The molecule has 0 heterocycles. The highest BCUT2D eigenvalue weighted by Gasteiger charge is 2.47. The van der Waals surface area contributed by atoms with Crippen LogP contribution in [0, 0.1) is 25.7 Å². The Balaban J connectivity index is 2.30. The lowest BCUT2D eigenvalue weighted by atomic mass is 9.72. The normalized spacial score (nSPS) is 25.5. The van der Waals surface area contributed by atoms with Crippen LogP contribution in [0.5, 0.6) is 0 Å². The molecule has 3 atom stereocenters. The minimum atomic E-state index is -4.14. The molecule has 1 aromatic rings. The van der Waals surface area contributed by atoms with E-state index in [1.54, 1.807) is 0 Å². The molecule has 2 N–H and O–H groups in total. The number of nitrogens with two attached hydrogens (primary N) is 1. The number of benzene rings is 1. The third kappa shape index (κ3) is 3.17. The smallest absolute Gasteiger partial charge is 0.324 e. The van der Waals surface area contributed by atoms with Crippen molar-refractivity contribution in [2.24, 2.45) is 17.6 Å². The second kappa shape index (κ2) is 5.76. The van der Waals surface area contributed by atoms with Crippen LogP contribution in [0.15, 0.2) is 18.2 Å². The molecule has 0 bridgehead atoms. The maximum absolute atomic E-state index is 13.2. The average molecular weight is 285 g/mol. The van der Waals surface area contributed by atoms with E-state index in [4.69, 9.17) is 5.73 Å². The van der Waals surface area contributed by atoms with Crippen LogP contribution in [0.3, 0.4) is 0 Å². The van der Waals surface area contributed by atoms with Gasteiger partial charge in [0.2, 0.25) is 0 Å². The standard InChI is InChI=1S/C16H22F3N/c1-10-7-8-11(2)13(9-10)15(20)12-5-3-4-6-14(12)16(17,18)19/h7-9,12,14-15H,3-6,20H2,1-2H3. The number of hydrogen-bond donors (Lipinski definition) is 1. The van der Waals surface area contributed by atoms with Crippen molar-refractivity contribution >= 4 is 0 Å². The monoisotopic (exact) mass is 285 g/mol. The quantitative estimate of drug-likeness (QED) is 0.839. The van der Waals surface area contributed by atoms with Gasteiger partial charge in [-0.2, -0.15) is 13.2 Å². The van der Waals surface area contributed by atoms with E-state index >= 15 is 0 Å². The van der Waals surface area contributed by atoms with Crippen LogP contribution >= 0.6 is 0 Å². The summed E-state index contributed by atoms with van der Waals surface area (Å²) >= 11 is 0. The highest BCUT2D eigenvalue weighted by Crippen LogP contribution is 2.46. The van der Waals surface area contributed by atoms with Gasteiger partial charge in [0, 0.05) is 6.04 Å². The predicted molar refractivity (Wildman–Crippen MR) is 74.3 cm³/mol. The van der Waals surface area contributed by atoms with Gasteiger partial charge in [0.25, 0.3) is 0 Å². The fourth-order valence-corrected chi connectivity index (χ4v) is 3.35. The summed E-state index contributed by atoms with van der Waals surface area (Å²) in [5.74, 6) is -1.75. The number of alkyl halides is 3. The summed E-state index contributed by atoms with van der Waals surface area (Å²) in [5.41, 5.74) is 9.12. The third-order valence-electron chi connectivity index (χ3n) is 4.49. The Morgan fingerprint density at radius 2 is 1.80 bits per heavy atom. The molecule has 1 aliphatic rings. The van der Waals surface area contributed by atoms with Crippen LogP contribution in [0.25, 0.3) is 0 Å². The number of rotatable bonds is 2. The highest BCUT2D eigenvalue weighted by molar-refractivity contribution is 5.33. The number of hydrogen-bond acceptors (Lipinski definition) is 1. The van der Waals surface area contributed by atoms with Crippen molar-refractivity contribution in [2.45, 2.75) is 51.7 Å². The SMILES string of the molecule is Cc1ccc(C)c(C(N)C2CCCCC2C(F)(F)F)c1. The Labute approximate surface area is 118 Å². The molecule has 0 amide bonds. The molecule has 0 aromatic heterocycles. The van der Waals surface area contributed by atoms with Crippen LogP contribution in [-0.2, 0) is 0 Å². The van der Waals surface area contributed by atoms with Gasteiger partial charge >= 0.3 is 6.18 Å². The number of aryl methyl sites for hydroxylation is 2. The van der Waals surface area contributed by atoms with Crippen molar-refractivity contribution in [1.29, 1.82) is 0 Å². The Morgan fingerprint density at radius 3 is 2.45 bits per heavy atom. The minimum absolute atomic E-state index is 0.215. The van der Waals surface area contributed by atoms with E-state index in [1.807, 2.05) is 32.0 Å². The Morgan fingerprint density at radius 1 is 1.15 bits per heavy atom. The second-order valence-corrected chi connectivity index (χ2v) is 5.98. The molecule has 2 rings (SSSR count). The lowest BCUT2D eigenvalue weighted by molar-refractivity contribution is -0.198. The summed E-state index contributed by atoms with van der Waals surface area (Å²) in [6, 6.07) is 5.31. The first-order valence-corrected chi connectivity index (χ1v) is 7.20. The van der Waals surface area contributed by atoms with Crippen LogP contribution in [0.4, 0.5) is 13.2 Å². The minimum Gasteiger partial charge on any atom is -0.324 e. The molecular formula is C16H22F3N. The molecule has 1 aliphatic carbocycles. The van der Waals surface area contributed by atoms with Crippen molar-refractivity contribution < 1.29 is 13.2 Å². The van der Waals surface area contributed by atoms with Gasteiger partial charge in [-0.15, -0.1) is 0 Å². The van der Waals surface area contributed by atoms with E-state index in [0.717, 1.165) is 23.1 Å². The van der Waals surface area contributed by atoms with E-state index in [1.165, 1.54) is 0 Å². The van der Waals surface area contributed by atoms with Crippen molar-refractivity contribution in [2.75, 3.05) is 0 Å². The first-order chi connectivity index (χ1) is 9.30.